The molecule has 1 aromatic rings. The lowest BCUT2D eigenvalue weighted by Gasteiger charge is -1.99. The number of hydrogen-bond donors (Lipinski definition) is 1. The van der Waals surface area contributed by atoms with E-state index in [1.54, 1.807) is 6.92 Å². The minimum absolute atomic E-state index is 0.396. The van der Waals surface area contributed by atoms with E-state index in [1.807, 2.05) is 0 Å². The smallest absolute Gasteiger partial charge is 0.377 e. The van der Waals surface area contributed by atoms with Crippen molar-refractivity contribution in [3.8, 4) is 0 Å². The molecule has 0 spiro atoms. The Labute approximate surface area is 73.8 Å². The Hall–Kier alpha value is -1.71. The van der Waals surface area contributed by atoms with Crippen LogP contribution in [0, 0.1) is 12.7 Å². The minimum atomic E-state index is -1.65. The highest BCUT2D eigenvalue weighted by atomic mass is 19.1. The maximum absolute atomic E-state index is 12.9. The molecule has 13 heavy (non-hydrogen) atoms. The first-order valence-electron chi connectivity index (χ1n) is 3.56. The largest absolute Gasteiger partial charge is 0.475 e. The fraction of sp³-hybridized carbons (Fsp3) is 0.111. The maximum Gasteiger partial charge on any atom is 0.377 e. The number of Topliss-reactive ketones (excluding diaryl/α,β-unsaturated/α-hetero) is 1. The SMILES string of the molecule is Cc1ccc(F)c(C(=O)C(=O)O)c1. The standard InChI is InChI=1S/C9H7FO3/c1-5-2-3-7(10)6(4-5)8(11)9(12)13/h2-4H,1H3,(H,12,13). The monoisotopic (exact) mass is 182 g/mol. The van der Waals surface area contributed by atoms with Gasteiger partial charge in [0.2, 0.25) is 0 Å². The number of carboxylic acids is 1. The number of aliphatic carboxylic acids is 1. The lowest BCUT2D eigenvalue weighted by Crippen LogP contribution is -2.14. The Kier molecular flexibility index (Phi) is 2.41. The topological polar surface area (TPSA) is 54.4 Å². The van der Waals surface area contributed by atoms with E-state index in [-0.39, 0.29) is 0 Å². The van der Waals surface area contributed by atoms with Gasteiger partial charge < -0.3 is 5.11 Å². The van der Waals surface area contributed by atoms with Gasteiger partial charge in [-0.1, -0.05) is 11.6 Å². The Morgan fingerprint density at radius 2 is 2.00 bits per heavy atom. The first-order valence-corrected chi connectivity index (χ1v) is 3.56. The molecular weight excluding hydrogens is 175 g/mol. The van der Waals surface area contributed by atoms with Crippen LogP contribution < -0.4 is 0 Å². The van der Waals surface area contributed by atoms with Crippen molar-refractivity contribution in [2.75, 3.05) is 0 Å². The van der Waals surface area contributed by atoms with E-state index >= 15 is 0 Å². The van der Waals surface area contributed by atoms with Gasteiger partial charge in [-0.25, -0.2) is 9.18 Å². The molecule has 1 aromatic carbocycles. The van der Waals surface area contributed by atoms with Gasteiger partial charge in [0, 0.05) is 0 Å². The second-order valence-corrected chi connectivity index (χ2v) is 2.62. The second-order valence-electron chi connectivity index (χ2n) is 2.62. The third-order valence-corrected chi connectivity index (χ3v) is 1.56. The number of rotatable bonds is 2. The molecule has 68 valence electrons. The molecular formula is C9H7FO3. The van der Waals surface area contributed by atoms with E-state index in [2.05, 4.69) is 0 Å². The van der Waals surface area contributed by atoms with Crippen molar-refractivity contribution < 1.29 is 19.1 Å². The number of halogens is 1. The van der Waals surface area contributed by atoms with Gasteiger partial charge in [0.25, 0.3) is 5.78 Å². The van der Waals surface area contributed by atoms with E-state index in [0.717, 1.165) is 6.07 Å². The lowest BCUT2D eigenvalue weighted by atomic mass is 10.1. The Morgan fingerprint density at radius 1 is 1.38 bits per heavy atom. The van der Waals surface area contributed by atoms with Crippen molar-refractivity contribution in [2.24, 2.45) is 0 Å². The highest BCUT2D eigenvalue weighted by Crippen LogP contribution is 2.10. The number of aryl methyl sites for hydroxylation is 1. The second kappa shape index (κ2) is 3.35. The number of hydrogen-bond acceptors (Lipinski definition) is 2. The number of carbonyl (C=O) groups is 2. The van der Waals surface area contributed by atoms with Crippen LogP contribution >= 0.6 is 0 Å². The molecule has 1 rings (SSSR count). The fourth-order valence-corrected chi connectivity index (χ4v) is 0.928. The van der Waals surface area contributed by atoms with Gasteiger partial charge in [0.05, 0.1) is 5.56 Å². The lowest BCUT2D eigenvalue weighted by molar-refractivity contribution is -0.131. The molecule has 0 aliphatic heterocycles. The first kappa shape index (κ1) is 9.38. The van der Waals surface area contributed by atoms with Gasteiger partial charge in [-0.15, -0.1) is 0 Å². The fourth-order valence-electron chi connectivity index (χ4n) is 0.928. The summed E-state index contributed by atoms with van der Waals surface area (Å²) in [6, 6.07) is 3.76. The molecule has 0 heterocycles. The molecule has 0 unspecified atom stereocenters. The normalized spacial score (nSPS) is 9.69. The number of benzene rings is 1. The van der Waals surface area contributed by atoms with Gasteiger partial charge in [-0.3, -0.25) is 4.79 Å². The molecule has 0 saturated heterocycles. The predicted octanol–water partition coefficient (Wildman–Crippen LogP) is 1.40. The molecule has 0 fully saturated rings. The van der Waals surface area contributed by atoms with E-state index in [1.165, 1.54) is 12.1 Å². The van der Waals surface area contributed by atoms with Gasteiger partial charge in [-0.05, 0) is 19.1 Å². The highest BCUT2D eigenvalue weighted by Gasteiger charge is 2.18. The van der Waals surface area contributed by atoms with Crippen LogP contribution in [-0.2, 0) is 4.79 Å². The first-order chi connectivity index (χ1) is 6.02. The van der Waals surface area contributed by atoms with Gasteiger partial charge >= 0.3 is 5.97 Å². The molecule has 0 amide bonds. The summed E-state index contributed by atoms with van der Waals surface area (Å²) in [5.74, 6) is -3.68. The zero-order chi connectivity index (χ0) is 10.0. The van der Waals surface area contributed by atoms with Crippen LogP contribution in [0.1, 0.15) is 15.9 Å². The molecule has 0 saturated carbocycles. The van der Waals surface area contributed by atoms with Gasteiger partial charge in [-0.2, -0.15) is 0 Å². The van der Waals surface area contributed by atoms with E-state index in [4.69, 9.17) is 5.11 Å². The van der Waals surface area contributed by atoms with E-state index in [9.17, 15) is 14.0 Å². The Morgan fingerprint density at radius 3 is 2.54 bits per heavy atom. The number of ketones is 1. The van der Waals surface area contributed by atoms with Crippen LogP contribution in [0.5, 0.6) is 0 Å². The highest BCUT2D eigenvalue weighted by molar-refractivity contribution is 6.39. The van der Waals surface area contributed by atoms with Crippen molar-refractivity contribution in [1.82, 2.24) is 0 Å². The van der Waals surface area contributed by atoms with Crippen LogP contribution in [0.2, 0.25) is 0 Å². The minimum Gasteiger partial charge on any atom is -0.475 e. The third-order valence-electron chi connectivity index (χ3n) is 1.56. The molecule has 0 aliphatic rings. The molecule has 0 bridgehead atoms. The summed E-state index contributed by atoms with van der Waals surface area (Å²) in [6.07, 6.45) is 0. The van der Waals surface area contributed by atoms with E-state index < -0.39 is 23.1 Å². The molecule has 3 nitrogen and oxygen atoms in total. The molecule has 0 radical (unpaired) electrons. The summed E-state index contributed by atoms with van der Waals surface area (Å²) in [5.41, 5.74) is 0.249. The number of carboxylic acid groups (broad SMARTS) is 1. The van der Waals surface area contributed by atoms with Crippen molar-refractivity contribution in [3.63, 3.8) is 0 Å². The van der Waals surface area contributed by atoms with Crippen LogP contribution in [0.25, 0.3) is 0 Å². The summed E-state index contributed by atoms with van der Waals surface area (Å²) in [5, 5.41) is 8.33. The Balaban J connectivity index is 3.21. The van der Waals surface area contributed by atoms with Crippen LogP contribution in [-0.4, -0.2) is 16.9 Å². The zero-order valence-electron chi connectivity index (χ0n) is 6.87. The summed E-state index contributed by atoms with van der Waals surface area (Å²) in [4.78, 5) is 21.1. The summed E-state index contributed by atoms with van der Waals surface area (Å²) < 4.78 is 12.9. The average Bonchev–Trinajstić information content (AvgIpc) is 2.08. The molecule has 0 aliphatic carbocycles. The van der Waals surface area contributed by atoms with Crippen molar-refractivity contribution in [1.29, 1.82) is 0 Å². The van der Waals surface area contributed by atoms with Crippen LogP contribution in [0.4, 0.5) is 4.39 Å². The predicted molar refractivity (Wildman–Crippen MR) is 43.1 cm³/mol. The average molecular weight is 182 g/mol. The van der Waals surface area contributed by atoms with E-state index in [0.29, 0.717) is 5.56 Å². The number of carbonyl (C=O) groups excluding carboxylic acids is 1. The summed E-state index contributed by atoms with van der Waals surface area (Å²) >= 11 is 0. The Bertz CT molecular complexity index is 371. The van der Waals surface area contributed by atoms with Crippen molar-refractivity contribution >= 4 is 11.8 Å². The third kappa shape index (κ3) is 1.90. The van der Waals surface area contributed by atoms with Crippen molar-refractivity contribution in [3.05, 3.63) is 35.1 Å². The van der Waals surface area contributed by atoms with Gasteiger partial charge in [0.1, 0.15) is 5.82 Å². The molecule has 1 N–H and O–H groups in total. The molecule has 0 aromatic heterocycles. The van der Waals surface area contributed by atoms with Crippen molar-refractivity contribution in [2.45, 2.75) is 6.92 Å². The molecule has 0 atom stereocenters. The summed E-state index contributed by atoms with van der Waals surface area (Å²) in [6.45, 7) is 1.65. The quantitative estimate of drug-likeness (QED) is 0.555. The van der Waals surface area contributed by atoms with Crippen LogP contribution in [0.3, 0.4) is 0 Å². The van der Waals surface area contributed by atoms with Crippen LogP contribution in [0.15, 0.2) is 18.2 Å². The van der Waals surface area contributed by atoms with Gasteiger partial charge in [0.15, 0.2) is 0 Å². The molecule has 4 heteroatoms. The summed E-state index contributed by atoms with van der Waals surface area (Å²) in [7, 11) is 0. The zero-order valence-corrected chi connectivity index (χ0v) is 6.87. The maximum atomic E-state index is 12.9.